The fraction of sp³-hybridized carbons (Fsp3) is 0. The van der Waals surface area contributed by atoms with Crippen LogP contribution in [0, 0.1) is 11.6 Å². The SMILES string of the molecule is NC(=O)c1ccc(-c2cc(N)cc(F)c2F)c2cc[nH]c12. The number of rotatable bonds is 2. The highest BCUT2D eigenvalue weighted by Crippen LogP contribution is 2.33. The lowest BCUT2D eigenvalue weighted by atomic mass is 9.98. The van der Waals surface area contributed by atoms with Crippen molar-refractivity contribution in [1.82, 2.24) is 4.98 Å². The monoisotopic (exact) mass is 287 g/mol. The molecule has 0 saturated carbocycles. The van der Waals surface area contributed by atoms with Crippen LogP contribution in [0.25, 0.3) is 22.0 Å². The largest absolute Gasteiger partial charge is 0.399 e. The Morgan fingerprint density at radius 2 is 1.86 bits per heavy atom. The van der Waals surface area contributed by atoms with Crippen molar-refractivity contribution in [3.8, 4) is 11.1 Å². The molecule has 4 nitrogen and oxygen atoms in total. The van der Waals surface area contributed by atoms with Crippen LogP contribution in [0.15, 0.2) is 36.5 Å². The fourth-order valence-electron chi connectivity index (χ4n) is 2.40. The van der Waals surface area contributed by atoms with Gasteiger partial charge in [-0.05, 0) is 29.8 Å². The topological polar surface area (TPSA) is 84.9 Å². The zero-order valence-electron chi connectivity index (χ0n) is 10.8. The molecule has 0 fully saturated rings. The molecule has 6 heteroatoms. The number of aromatic amines is 1. The summed E-state index contributed by atoms with van der Waals surface area (Å²) in [7, 11) is 0. The van der Waals surface area contributed by atoms with Gasteiger partial charge in [-0.1, -0.05) is 6.07 Å². The first-order chi connectivity index (χ1) is 9.99. The summed E-state index contributed by atoms with van der Waals surface area (Å²) in [6, 6.07) is 6.93. The molecule has 1 aromatic heterocycles. The number of amides is 1. The number of hydrogen-bond donors (Lipinski definition) is 3. The first kappa shape index (κ1) is 13.1. The van der Waals surface area contributed by atoms with Crippen LogP contribution in [-0.4, -0.2) is 10.9 Å². The molecule has 2 aromatic carbocycles. The predicted molar refractivity (Wildman–Crippen MR) is 76.6 cm³/mol. The average Bonchev–Trinajstić information content (AvgIpc) is 2.90. The van der Waals surface area contributed by atoms with Gasteiger partial charge in [-0.3, -0.25) is 4.79 Å². The number of carbonyl (C=O) groups excluding carboxylic acids is 1. The van der Waals surface area contributed by atoms with Crippen LogP contribution < -0.4 is 11.5 Å². The Hall–Kier alpha value is -2.89. The summed E-state index contributed by atoms with van der Waals surface area (Å²) in [6.07, 6.45) is 1.60. The molecule has 0 spiro atoms. The van der Waals surface area contributed by atoms with Crippen LogP contribution in [0.1, 0.15) is 10.4 Å². The number of halogens is 2. The van der Waals surface area contributed by atoms with E-state index >= 15 is 0 Å². The number of fused-ring (bicyclic) bond motifs is 1. The van der Waals surface area contributed by atoms with Crippen molar-refractivity contribution in [2.75, 3.05) is 5.73 Å². The van der Waals surface area contributed by atoms with E-state index in [-0.39, 0.29) is 16.8 Å². The van der Waals surface area contributed by atoms with Gasteiger partial charge in [0.15, 0.2) is 11.6 Å². The maximum absolute atomic E-state index is 14.0. The molecule has 106 valence electrons. The molecule has 0 aliphatic carbocycles. The molecule has 21 heavy (non-hydrogen) atoms. The molecule has 0 radical (unpaired) electrons. The Morgan fingerprint density at radius 1 is 1.10 bits per heavy atom. The fourth-order valence-corrected chi connectivity index (χ4v) is 2.40. The van der Waals surface area contributed by atoms with Crippen molar-refractivity contribution in [2.24, 2.45) is 5.73 Å². The number of H-pyrrole nitrogens is 1. The van der Waals surface area contributed by atoms with E-state index < -0.39 is 17.5 Å². The minimum Gasteiger partial charge on any atom is -0.399 e. The zero-order valence-corrected chi connectivity index (χ0v) is 10.8. The molecular weight excluding hydrogens is 276 g/mol. The minimum atomic E-state index is -1.02. The van der Waals surface area contributed by atoms with Gasteiger partial charge in [0, 0.05) is 22.8 Å². The predicted octanol–water partition coefficient (Wildman–Crippen LogP) is 2.79. The van der Waals surface area contributed by atoms with Crippen LogP contribution in [0.4, 0.5) is 14.5 Å². The second kappa shape index (κ2) is 4.59. The zero-order chi connectivity index (χ0) is 15.1. The van der Waals surface area contributed by atoms with Gasteiger partial charge in [0.1, 0.15) is 0 Å². The Kier molecular flexibility index (Phi) is 2.86. The number of benzene rings is 2. The van der Waals surface area contributed by atoms with Gasteiger partial charge in [-0.15, -0.1) is 0 Å². The molecule has 3 aromatic rings. The van der Waals surface area contributed by atoms with Crippen LogP contribution >= 0.6 is 0 Å². The van der Waals surface area contributed by atoms with Crippen molar-refractivity contribution in [1.29, 1.82) is 0 Å². The Morgan fingerprint density at radius 3 is 2.57 bits per heavy atom. The van der Waals surface area contributed by atoms with E-state index in [1.165, 1.54) is 18.2 Å². The van der Waals surface area contributed by atoms with Gasteiger partial charge >= 0.3 is 0 Å². The molecule has 0 aliphatic rings. The lowest BCUT2D eigenvalue weighted by Gasteiger charge is -2.09. The standard InChI is InChI=1S/C15H11F2N3O/c16-12-6-7(18)5-11(13(12)17)8-1-2-10(15(19)21)14-9(8)3-4-20-14/h1-6,20H,18H2,(H2,19,21). The van der Waals surface area contributed by atoms with Gasteiger partial charge in [0.05, 0.1) is 11.1 Å². The van der Waals surface area contributed by atoms with E-state index in [4.69, 9.17) is 11.5 Å². The number of hydrogen-bond acceptors (Lipinski definition) is 2. The van der Waals surface area contributed by atoms with E-state index in [9.17, 15) is 13.6 Å². The van der Waals surface area contributed by atoms with Crippen molar-refractivity contribution in [3.63, 3.8) is 0 Å². The third kappa shape index (κ3) is 2.01. The van der Waals surface area contributed by atoms with Gasteiger partial charge in [0.25, 0.3) is 5.91 Å². The molecule has 0 atom stereocenters. The summed E-state index contributed by atoms with van der Waals surface area (Å²) >= 11 is 0. The van der Waals surface area contributed by atoms with Crippen molar-refractivity contribution in [2.45, 2.75) is 0 Å². The number of nitrogen functional groups attached to an aromatic ring is 1. The smallest absolute Gasteiger partial charge is 0.250 e. The van der Waals surface area contributed by atoms with Crippen molar-refractivity contribution < 1.29 is 13.6 Å². The number of primary amides is 1. The van der Waals surface area contributed by atoms with Crippen molar-refractivity contribution >= 4 is 22.5 Å². The molecule has 1 heterocycles. The van der Waals surface area contributed by atoms with E-state index in [1.807, 2.05) is 0 Å². The third-order valence-electron chi connectivity index (χ3n) is 3.33. The maximum Gasteiger partial charge on any atom is 0.250 e. The highest BCUT2D eigenvalue weighted by Gasteiger charge is 2.17. The summed E-state index contributed by atoms with van der Waals surface area (Å²) in [5.74, 6) is -2.61. The van der Waals surface area contributed by atoms with Gasteiger partial charge < -0.3 is 16.5 Å². The number of nitrogens with one attached hydrogen (secondary N) is 1. The molecule has 3 rings (SSSR count). The van der Waals surface area contributed by atoms with Gasteiger partial charge in [-0.25, -0.2) is 8.78 Å². The first-order valence-corrected chi connectivity index (χ1v) is 6.14. The summed E-state index contributed by atoms with van der Waals surface area (Å²) in [5.41, 5.74) is 12.2. The van der Waals surface area contributed by atoms with E-state index in [0.29, 0.717) is 16.5 Å². The summed E-state index contributed by atoms with van der Waals surface area (Å²) in [5, 5.41) is 0.565. The van der Waals surface area contributed by atoms with Crippen molar-refractivity contribution in [3.05, 3.63) is 53.7 Å². The second-order valence-corrected chi connectivity index (χ2v) is 4.66. The normalized spacial score (nSPS) is 11.0. The lowest BCUT2D eigenvalue weighted by Crippen LogP contribution is -2.11. The molecule has 1 amide bonds. The number of aromatic nitrogens is 1. The molecule has 0 bridgehead atoms. The number of nitrogens with two attached hydrogens (primary N) is 2. The highest BCUT2D eigenvalue weighted by atomic mass is 19.2. The molecule has 0 aliphatic heterocycles. The molecular formula is C15H11F2N3O. The van der Waals surface area contributed by atoms with E-state index in [0.717, 1.165) is 6.07 Å². The quantitative estimate of drug-likeness (QED) is 0.633. The summed E-state index contributed by atoms with van der Waals surface area (Å²) in [4.78, 5) is 14.3. The van der Waals surface area contributed by atoms with Crippen LogP contribution in [0.2, 0.25) is 0 Å². The molecule has 0 saturated heterocycles. The Balaban J connectivity index is 2.35. The first-order valence-electron chi connectivity index (χ1n) is 6.14. The second-order valence-electron chi connectivity index (χ2n) is 4.66. The van der Waals surface area contributed by atoms with Crippen LogP contribution in [0.3, 0.4) is 0 Å². The van der Waals surface area contributed by atoms with E-state index in [2.05, 4.69) is 4.98 Å². The minimum absolute atomic E-state index is 0.0353. The average molecular weight is 287 g/mol. The van der Waals surface area contributed by atoms with Gasteiger partial charge in [-0.2, -0.15) is 0 Å². The highest BCUT2D eigenvalue weighted by molar-refractivity contribution is 6.09. The van der Waals surface area contributed by atoms with Crippen LogP contribution in [-0.2, 0) is 0 Å². The molecule has 5 N–H and O–H groups in total. The third-order valence-corrected chi connectivity index (χ3v) is 3.33. The summed E-state index contributed by atoms with van der Waals surface area (Å²) < 4.78 is 27.6. The van der Waals surface area contributed by atoms with Gasteiger partial charge in [0.2, 0.25) is 0 Å². The number of carbonyl (C=O) groups is 1. The van der Waals surface area contributed by atoms with E-state index in [1.54, 1.807) is 12.3 Å². The Bertz CT molecular complexity index is 871. The molecule has 0 unspecified atom stereocenters. The summed E-state index contributed by atoms with van der Waals surface area (Å²) in [6.45, 7) is 0. The maximum atomic E-state index is 14.0. The lowest BCUT2D eigenvalue weighted by molar-refractivity contribution is 0.100. The van der Waals surface area contributed by atoms with Crippen LogP contribution in [0.5, 0.6) is 0 Å². The Labute approximate surface area is 118 Å². The number of anilines is 1.